The van der Waals surface area contributed by atoms with Crippen LogP contribution in [0.3, 0.4) is 0 Å². The van der Waals surface area contributed by atoms with Gasteiger partial charge >= 0.3 is 0 Å². The average Bonchev–Trinajstić information content (AvgIpc) is 2.65. The molecule has 2 rings (SSSR count). The monoisotopic (exact) mass is 359 g/mol. The molecule has 0 saturated heterocycles. The quantitative estimate of drug-likeness (QED) is 0.507. The van der Waals surface area contributed by atoms with Crippen molar-refractivity contribution in [3.63, 3.8) is 0 Å². The maximum atomic E-state index is 4.91. The van der Waals surface area contributed by atoms with Crippen LogP contribution in [0.25, 0.3) is 16.8 Å². The largest absolute Gasteiger partial charge is 0.383 e. The zero-order valence-corrected chi connectivity index (χ0v) is 17.2. The van der Waals surface area contributed by atoms with Crippen LogP contribution in [0.15, 0.2) is 66.3 Å². The van der Waals surface area contributed by atoms with E-state index in [1.54, 1.807) is 0 Å². The van der Waals surface area contributed by atoms with Crippen LogP contribution in [0.4, 0.5) is 0 Å². The summed E-state index contributed by atoms with van der Waals surface area (Å²) in [6.07, 6.45) is 7.98. The molecule has 0 saturated carbocycles. The average molecular weight is 360 g/mol. The van der Waals surface area contributed by atoms with Crippen molar-refractivity contribution in [1.29, 1.82) is 0 Å². The van der Waals surface area contributed by atoms with Crippen molar-refractivity contribution in [2.75, 3.05) is 21.1 Å². The van der Waals surface area contributed by atoms with E-state index in [0.29, 0.717) is 0 Å². The van der Waals surface area contributed by atoms with Gasteiger partial charge < -0.3 is 4.90 Å². The van der Waals surface area contributed by atoms with Crippen LogP contribution < -0.4 is 0 Å². The summed E-state index contributed by atoms with van der Waals surface area (Å²) in [4.78, 5) is 11.3. The van der Waals surface area contributed by atoms with Crippen molar-refractivity contribution >= 4 is 11.3 Å². The lowest BCUT2D eigenvalue weighted by Gasteiger charge is -2.14. The molecule has 3 nitrogen and oxygen atoms in total. The van der Waals surface area contributed by atoms with Gasteiger partial charge in [0.05, 0.1) is 11.4 Å². The number of benzene rings is 1. The SMILES string of the molecule is C=C/C(=C\N(C)C)c1cccc(-c2nc(C)c(C(/C=C\C)=NC)cc2C)c1. The van der Waals surface area contributed by atoms with E-state index in [1.807, 2.05) is 58.1 Å². The summed E-state index contributed by atoms with van der Waals surface area (Å²) in [5, 5.41) is 0. The molecule has 3 heteroatoms. The molecule has 1 aromatic heterocycles. The summed E-state index contributed by atoms with van der Waals surface area (Å²) < 4.78 is 0. The summed E-state index contributed by atoms with van der Waals surface area (Å²) >= 11 is 0. The molecule has 27 heavy (non-hydrogen) atoms. The second-order valence-corrected chi connectivity index (χ2v) is 6.73. The number of pyridine rings is 1. The second-order valence-electron chi connectivity index (χ2n) is 6.73. The van der Waals surface area contributed by atoms with E-state index < -0.39 is 0 Å². The number of rotatable bonds is 6. The lowest BCUT2D eigenvalue weighted by atomic mass is 9.97. The Morgan fingerprint density at radius 1 is 1.19 bits per heavy atom. The summed E-state index contributed by atoms with van der Waals surface area (Å²) in [6, 6.07) is 10.6. The van der Waals surface area contributed by atoms with Gasteiger partial charge in [-0.15, -0.1) is 0 Å². The molecule has 0 fully saturated rings. The first-order chi connectivity index (χ1) is 12.9. The highest BCUT2D eigenvalue weighted by molar-refractivity contribution is 6.09. The van der Waals surface area contributed by atoms with Gasteiger partial charge in [0.15, 0.2) is 0 Å². The predicted molar refractivity (Wildman–Crippen MR) is 118 cm³/mol. The van der Waals surface area contributed by atoms with Gasteiger partial charge in [0.25, 0.3) is 0 Å². The Labute approximate surface area is 163 Å². The number of aromatic nitrogens is 1. The topological polar surface area (TPSA) is 28.5 Å². The second kappa shape index (κ2) is 9.13. The van der Waals surface area contributed by atoms with Gasteiger partial charge in [0.2, 0.25) is 0 Å². The van der Waals surface area contributed by atoms with Gasteiger partial charge in [-0.1, -0.05) is 36.9 Å². The number of aryl methyl sites for hydroxylation is 2. The minimum absolute atomic E-state index is 0.953. The molecule has 1 aromatic carbocycles. The van der Waals surface area contributed by atoms with E-state index in [9.17, 15) is 0 Å². The minimum Gasteiger partial charge on any atom is -0.383 e. The third-order valence-electron chi connectivity index (χ3n) is 4.33. The highest BCUT2D eigenvalue weighted by Gasteiger charge is 2.12. The molecule has 0 unspecified atom stereocenters. The van der Waals surface area contributed by atoms with E-state index in [4.69, 9.17) is 4.98 Å². The molecule has 0 N–H and O–H groups in total. The number of nitrogens with zero attached hydrogens (tertiary/aromatic N) is 3. The summed E-state index contributed by atoms with van der Waals surface area (Å²) in [6.45, 7) is 10.1. The summed E-state index contributed by atoms with van der Waals surface area (Å²) in [7, 11) is 5.84. The Hall–Kier alpha value is -2.94. The van der Waals surface area contributed by atoms with Gasteiger partial charge in [-0.2, -0.15) is 0 Å². The highest BCUT2D eigenvalue weighted by atomic mass is 15.0. The van der Waals surface area contributed by atoms with Crippen LogP contribution in [0.5, 0.6) is 0 Å². The Bertz CT molecular complexity index is 915. The lowest BCUT2D eigenvalue weighted by Crippen LogP contribution is -2.05. The van der Waals surface area contributed by atoms with Crippen LogP contribution in [0.2, 0.25) is 0 Å². The van der Waals surface area contributed by atoms with Crippen LogP contribution in [-0.4, -0.2) is 36.7 Å². The first-order valence-electron chi connectivity index (χ1n) is 9.10. The normalized spacial score (nSPS) is 12.5. The van der Waals surface area contributed by atoms with Crippen molar-refractivity contribution in [3.8, 4) is 11.3 Å². The van der Waals surface area contributed by atoms with Crippen molar-refractivity contribution in [1.82, 2.24) is 9.88 Å². The Morgan fingerprint density at radius 3 is 2.52 bits per heavy atom. The van der Waals surface area contributed by atoms with Crippen molar-refractivity contribution in [3.05, 3.63) is 83.7 Å². The van der Waals surface area contributed by atoms with Crippen molar-refractivity contribution < 1.29 is 0 Å². The maximum absolute atomic E-state index is 4.91. The molecule has 1 heterocycles. The van der Waals surface area contributed by atoms with E-state index in [0.717, 1.165) is 44.9 Å². The van der Waals surface area contributed by atoms with Crippen molar-refractivity contribution in [2.45, 2.75) is 20.8 Å². The van der Waals surface area contributed by atoms with Crippen LogP contribution in [0.1, 0.15) is 29.3 Å². The molecule has 0 bridgehead atoms. The first kappa shape index (κ1) is 20.4. The highest BCUT2D eigenvalue weighted by Crippen LogP contribution is 2.27. The molecule has 0 radical (unpaired) electrons. The number of allylic oxidation sites excluding steroid dienone is 4. The molecule has 0 aliphatic carbocycles. The molecular formula is C24H29N3. The van der Waals surface area contributed by atoms with E-state index >= 15 is 0 Å². The van der Waals surface area contributed by atoms with E-state index in [2.05, 4.69) is 55.0 Å². The Morgan fingerprint density at radius 2 is 1.93 bits per heavy atom. The van der Waals surface area contributed by atoms with E-state index in [1.165, 1.54) is 0 Å². The van der Waals surface area contributed by atoms with Crippen molar-refractivity contribution in [2.24, 2.45) is 4.99 Å². The van der Waals surface area contributed by atoms with Gasteiger partial charge in [-0.05, 0) is 55.7 Å². The predicted octanol–water partition coefficient (Wildman–Crippen LogP) is 5.45. The molecule has 0 spiro atoms. The maximum Gasteiger partial charge on any atom is 0.0735 e. The molecule has 140 valence electrons. The van der Waals surface area contributed by atoms with Gasteiger partial charge in [-0.25, -0.2) is 0 Å². The molecule has 0 aliphatic heterocycles. The summed E-state index contributed by atoms with van der Waals surface area (Å²) in [5.41, 5.74) is 8.46. The fourth-order valence-corrected chi connectivity index (χ4v) is 3.07. The third-order valence-corrected chi connectivity index (χ3v) is 4.33. The number of hydrogen-bond donors (Lipinski definition) is 0. The van der Waals surface area contributed by atoms with E-state index in [-0.39, 0.29) is 0 Å². The number of aliphatic imine (C=N–C) groups is 1. The fraction of sp³-hybridized carbons (Fsp3) is 0.250. The zero-order valence-electron chi connectivity index (χ0n) is 17.2. The lowest BCUT2D eigenvalue weighted by molar-refractivity contribution is 0.566. The minimum atomic E-state index is 0.953. The molecule has 0 aliphatic rings. The molecular weight excluding hydrogens is 330 g/mol. The summed E-state index contributed by atoms with van der Waals surface area (Å²) in [5.74, 6) is 0. The third kappa shape index (κ3) is 4.82. The first-order valence-corrected chi connectivity index (χ1v) is 9.10. The Kier molecular flexibility index (Phi) is 6.89. The van der Waals surface area contributed by atoms with Crippen LogP contribution >= 0.6 is 0 Å². The molecule has 2 aromatic rings. The molecule has 0 atom stereocenters. The standard InChI is InChI=1S/C24H29N3/c1-8-11-23(25-5)22-14-17(3)24(26-18(22)4)21-13-10-12-20(15-21)19(9-2)16-27(6)7/h8-16H,2H2,1,3-7H3/b11-8-,19-16+,25-23?. The van der Waals surface area contributed by atoms with Gasteiger partial charge in [0.1, 0.15) is 0 Å². The zero-order chi connectivity index (χ0) is 20.0. The van der Waals surface area contributed by atoms with Crippen LogP contribution in [0, 0.1) is 13.8 Å². The van der Waals surface area contributed by atoms with Gasteiger partial charge in [-0.3, -0.25) is 9.98 Å². The molecule has 0 amide bonds. The smallest absolute Gasteiger partial charge is 0.0735 e. The fourth-order valence-electron chi connectivity index (χ4n) is 3.07. The van der Waals surface area contributed by atoms with Gasteiger partial charge in [0, 0.05) is 44.2 Å². The van der Waals surface area contributed by atoms with Crippen LogP contribution in [-0.2, 0) is 0 Å². The Balaban J connectivity index is 2.55. The number of hydrogen-bond acceptors (Lipinski definition) is 3.